The molecule has 3 aromatic rings. The molecule has 3 heterocycles. The van der Waals surface area contributed by atoms with Crippen molar-refractivity contribution >= 4 is 39.6 Å². The summed E-state index contributed by atoms with van der Waals surface area (Å²) in [5, 5.41) is 8.01. The lowest BCUT2D eigenvalue weighted by Crippen LogP contribution is -2.18. The summed E-state index contributed by atoms with van der Waals surface area (Å²) in [6, 6.07) is 5.68. The van der Waals surface area contributed by atoms with Crippen LogP contribution in [0.15, 0.2) is 28.0 Å². The average molecular weight is 430 g/mol. The first-order valence-electron chi connectivity index (χ1n) is 9.80. The third kappa shape index (κ3) is 4.94. The lowest BCUT2D eigenvalue weighted by atomic mass is 10.00. The van der Waals surface area contributed by atoms with Gasteiger partial charge >= 0.3 is 0 Å². The van der Waals surface area contributed by atoms with Gasteiger partial charge in [-0.3, -0.25) is 14.9 Å². The van der Waals surface area contributed by atoms with Gasteiger partial charge in [0.05, 0.1) is 11.4 Å². The van der Waals surface area contributed by atoms with E-state index in [1.54, 1.807) is 11.3 Å². The van der Waals surface area contributed by atoms with Gasteiger partial charge in [0.2, 0.25) is 5.91 Å². The number of carbonyl (C=O) groups excluding carboxylic acids is 2. The first-order valence-corrected chi connectivity index (χ1v) is 11.5. The van der Waals surface area contributed by atoms with Crippen molar-refractivity contribution in [3.63, 3.8) is 0 Å². The highest BCUT2D eigenvalue weighted by atomic mass is 32.1. The Bertz CT molecular complexity index is 993. The van der Waals surface area contributed by atoms with Crippen molar-refractivity contribution in [1.29, 1.82) is 0 Å². The molecular formula is C21H23N3O3S2. The number of fused-ring (bicyclic) bond motifs is 1. The van der Waals surface area contributed by atoms with Crippen molar-refractivity contribution in [1.82, 2.24) is 10.3 Å². The summed E-state index contributed by atoms with van der Waals surface area (Å²) in [6.45, 7) is 1.80. The average Bonchev–Trinajstić information content (AvgIpc) is 3.39. The van der Waals surface area contributed by atoms with E-state index < -0.39 is 0 Å². The van der Waals surface area contributed by atoms with E-state index in [4.69, 9.17) is 4.42 Å². The number of rotatable bonds is 5. The molecule has 4 rings (SSSR count). The zero-order valence-corrected chi connectivity index (χ0v) is 17.9. The third-order valence-electron chi connectivity index (χ3n) is 4.87. The molecule has 1 aliphatic carbocycles. The molecule has 0 spiro atoms. The van der Waals surface area contributed by atoms with Gasteiger partial charge in [0.15, 0.2) is 10.9 Å². The first-order chi connectivity index (χ1) is 14.1. The van der Waals surface area contributed by atoms with Crippen LogP contribution in [0.3, 0.4) is 0 Å². The SMILES string of the molecule is CC(=O)NCc1ccc(-c2csc(NC(=O)c3cc4c(s3)CCCCCC4)n2)o1. The van der Waals surface area contributed by atoms with E-state index in [0.717, 1.165) is 17.7 Å². The molecule has 0 radical (unpaired) electrons. The number of thiophene rings is 1. The number of hydrogen-bond donors (Lipinski definition) is 2. The quantitative estimate of drug-likeness (QED) is 0.597. The Balaban J connectivity index is 1.42. The maximum absolute atomic E-state index is 12.7. The summed E-state index contributed by atoms with van der Waals surface area (Å²) in [4.78, 5) is 30.3. The van der Waals surface area contributed by atoms with Crippen LogP contribution in [0.4, 0.5) is 5.13 Å². The zero-order chi connectivity index (χ0) is 20.2. The van der Waals surface area contributed by atoms with E-state index in [-0.39, 0.29) is 11.8 Å². The second-order valence-corrected chi connectivity index (χ2v) is 9.14. The predicted octanol–water partition coefficient (Wildman–Crippen LogP) is 5.01. The third-order valence-corrected chi connectivity index (χ3v) is 6.86. The topological polar surface area (TPSA) is 84.2 Å². The Morgan fingerprint density at radius 3 is 2.83 bits per heavy atom. The van der Waals surface area contributed by atoms with E-state index in [2.05, 4.69) is 21.7 Å². The number of carbonyl (C=O) groups is 2. The number of hydrogen-bond acceptors (Lipinski definition) is 6. The summed E-state index contributed by atoms with van der Waals surface area (Å²) < 4.78 is 5.72. The Morgan fingerprint density at radius 1 is 1.17 bits per heavy atom. The minimum Gasteiger partial charge on any atom is -0.458 e. The number of aromatic nitrogens is 1. The van der Waals surface area contributed by atoms with Gasteiger partial charge in [-0.25, -0.2) is 4.98 Å². The van der Waals surface area contributed by atoms with E-state index >= 15 is 0 Å². The van der Waals surface area contributed by atoms with Gasteiger partial charge in [0.25, 0.3) is 5.91 Å². The summed E-state index contributed by atoms with van der Waals surface area (Å²) in [6.07, 6.45) is 7.11. The van der Waals surface area contributed by atoms with Gasteiger partial charge in [0, 0.05) is 17.2 Å². The number of furan rings is 1. The lowest BCUT2D eigenvalue weighted by Gasteiger charge is -2.07. The molecule has 0 atom stereocenters. The molecule has 2 N–H and O–H groups in total. The van der Waals surface area contributed by atoms with Gasteiger partial charge < -0.3 is 9.73 Å². The highest BCUT2D eigenvalue weighted by molar-refractivity contribution is 7.15. The van der Waals surface area contributed by atoms with Crippen LogP contribution in [-0.4, -0.2) is 16.8 Å². The second-order valence-electron chi connectivity index (χ2n) is 7.14. The Labute approximate surface area is 177 Å². The van der Waals surface area contributed by atoms with Crippen molar-refractivity contribution in [2.75, 3.05) is 5.32 Å². The fourth-order valence-corrected chi connectivity index (χ4v) is 5.22. The smallest absolute Gasteiger partial charge is 0.267 e. The zero-order valence-electron chi connectivity index (χ0n) is 16.2. The molecule has 0 fully saturated rings. The van der Waals surface area contributed by atoms with Crippen molar-refractivity contribution in [3.05, 3.63) is 44.7 Å². The molecule has 0 unspecified atom stereocenters. The standard InChI is InChI=1S/C21H23N3O3S2/c1-13(25)22-11-15-8-9-17(27-15)16-12-28-21(23-16)24-20(26)19-10-14-6-4-2-3-5-7-18(14)29-19/h8-10,12H,2-7,11H2,1H3,(H,22,25)(H,23,24,26). The number of anilines is 1. The van der Waals surface area contributed by atoms with Gasteiger partial charge in [0.1, 0.15) is 11.5 Å². The monoisotopic (exact) mass is 429 g/mol. The fraction of sp³-hybridized carbons (Fsp3) is 0.381. The lowest BCUT2D eigenvalue weighted by molar-refractivity contribution is -0.119. The van der Waals surface area contributed by atoms with Crippen LogP contribution >= 0.6 is 22.7 Å². The van der Waals surface area contributed by atoms with Crippen LogP contribution < -0.4 is 10.6 Å². The van der Waals surface area contributed by atoms with E-state index in [0.29, 0.717) is 28.9 Å². The predicted molar refractivity (Wildman–Crippen MR) is 115 cm³/mol. The number of nitrogens with zero attached hydrogens (tertiary/aromatic N) is 1. The van der Waals surface area contributed by atoms with Crippen LogP contribution in [0.25, 0.3) is 11.5 Å². The molecule has 0 saturated carbocycles. The van der Waals surface area contributed by atoms with Crippen LogP contribution in [-0.2, 0) is 24.2 Å². The summed E-state index contributed by atoms with van der Waals surface area (Å²) in [5.74, 6) is 1.06. The molecule has 0 bridgehead atoms. The van der Waals surface area contributed by atoms with Crippen molar-refractivity contribution in [2.24, 2.45) is 0 Å². The van der Waals surface area contributed by atoms with Crippen LogP contribution in [0.5, 0.6) is 0 Å². The minimum absolute atomic E-state index is 0.103. The van der Waals surface area contributed by atoms with E-state index in [9.17, 15) is 9.59 Å². The van der Waals surface area contributed by atoms with Crippen LogP contribution in [0, 0.1) is 0 Å². The summed E-state index contributed by atoms with van der Waals surface area (Å²) in [7, 11) is 0. The highest BCUT2D eigenvalue weighted by Gasteiger charge is 2.17. The van der Waals surface area contributed by atoms with Gasteiger partial charge in [-0.15, -0.1) is 22.7 Å². The van der Waals surface area contributed by atoms with Crippen molar-refractivity contribution in [3.8, 4) is 11.5 Å². The summed E-state index contributed by atoms with van der Waals surface area (Å²) >= 11 is 2.98. The first kappa shape index (κ1) is 19.8. The minimum atomic E-state index is -0.108. The molecule has 0 aromatic carbocycles. The van der Waals surface area contributed by atoms with Crippen LogP contribution in [0.1, 0.15) is 58.5 Å². The summed E-state index contributed by atoms with van der Waals surface area (Å²) in [5.41, 5.74) is 2.00. The number of nitrogens with one attached hydrogen (secondary N) is 2. The molecule has 152 valence electrons. The maximum atomic E-state index is 12.7. The molecule has 2 amide bonds. The molecule has 0 aliphatic heterocycles. The van der Waals surface area contributed by atoms with Gasteiger partial charge in [-0.2, -0.15) is 0 Å². The van der Waals surface area contributed by atoms with Crippen LogP contribution in [0.2, 0.25) is 0 Å². The van der Waals surface area contributed by atoms with Gasteiger partial charge in [-0.05, 0) is 49.4 Å². The Kier molecular flexibility index (Phi) is 6.10. The Morgan fingerprint density at radius 2 is 2.00 bits per heavy atom. The van der Waals surface area contributed by atoms with Crippen molar-refractivity contribution in [2.45, 2.75) is 52.0 Å². The molecule has 29 heavy (non-hydrogen) atoms. The molecule has 8 heteroatoms. The highest BCUT2D eigenvalue weighted by Crippen LogP contribution is 2.30. The number of aryl methyl sites for hydroxylation is 2. The molecule has 0 saturated heterocycles. The largest absolute Gasteiger partial charge is 0.458 e. The molecule has 3 aromatic heterocycles. The number of thiazole rings is 1. The van der Waals surface area contributed by atoms with E-state index in [1.165, 1.54) is 54.4 Å². The second kappa shape index (κ2) is 8.92. The van der Waals surface area contributed by atoms with Gasteiger partial charge in [-0.1, -0.05) is 12.8 Å². The van der Waals surface area contributed by atoms with Crippen molar-refractivity contribution < 1.29 is 14.0 Å². The fourth-order valence-electron chi connectivity index (χ4n) is 3.38. The number of amides is 2. The van der Waals surface area contributed by atoms with E-state index in [1.807, 2.05) is 17.5 Å². The normalized spacial score (nSPS) is 14.0. The Hall–Kier alpha value is -2.45. The molecule has 1 aliphatic rings. The molecule has 6 nitrogen and oxygen atoms in total. The molecular weight excluding hydrogens is 406 g/mol. The maximum Gasteiger partial charge on any atom is 0.267 e.